The fraction of sp³-hybridized carbons (Fsp3) is 0.647. The lowest BCUT2D eigenvalue weighted by molar-refractivity contribution is 0.0109. The van der Waals surface area contributed by atoms with Crippen LogP contribution in [0, 0.1) is 0 Å². The lowest BCUT2D eigenvalue weighted by atomic mass is 9.83. The highest BCUT2D eigenvalue weighted by atomic mass is 16.5. The summed E-state index contributed by atoms with van der Waals surface area (Å²) in [7, 11) is 3.85. The molecular weight excluding hydrogens is 250 g/mol. The Morgan fingerprint density at radius 2 is 2.15 bits per heavy atom. The minimum Gasteiger partial charge on any atom is -0.493 e. The molecule has 0 fully saturated rings. The second-order valence-corrected chi connectivity index (χ2v) is 6.18. The van der Waals surface area contributed by atoms with E-state index in [1.54, 1.807) is 7.11 Å². The molecule has 0 saturated carbocycles. The van der Waals surface area contributed by atoms with Crippen molar-refractivity contribution in [1.82, 2.24) is 5.32 Å². The van der Waals surface area contributed by atoms with Gasteiger partial charge in [-0.2, -0.15) is 0 Å². The molecule has 2 unspecified atom stereocenters. The molecule has 1 aliphatic rings. The van der Waals surface area contributed by atoms with Gasteiger partial charge in [0.1, 0.15) is 5.75 Å². The smallest absolute Gasteiger partial charge is 0.122 e. The molecule has 1 N–H and O–H groups in total. The van der Waals surface area contributed by atoms with E-state index in [2.05, 4.69) is 44.4 Å². The second kappa shape index (κ2) is 6.59. The third-order valence-electron chi connectivity index (χ3n) is 4.47. The van der Waals surface area contributed by atoms with Gasteiger partial charge in [0.2, 0.25) is 0 Å². The predicted octanol–water partition coefficient (Wildman–Crippen LogP) is 3.35. The molecule has 20 heavy (non-hydrogen) atoms. The molecule has 0 radical (unpaired) electrons. The zero-order chi connectivity index (χ0) is 14.6. The topological polar surface area (TPSA) is 30.5 Å². The first-order valence-corrected chi connectivity index (χ1v) is 7.51. The first-order chi connectivity index (χ1) is 9.57. The first kappa shape index (κ1) is 15.3. The summed E-state index contributed by atoms with van der Waals surface area (Å²) in [6, 6.07) is 8.89. The van der Waals surface area contributed by atoms with Crippen LogP contribution in [0.1, 0.15) is 44.6 Å². The molecule has 0 aromatic heterocycles. The Morgan fingerprint density at radius 1 is 1.40 bits per heavy atom. The average Bonchev–Trinajstić information content (AvgIpc) is 2.48. The number of nitrogens with one attached hydrogen (secondary N) is 1. The number of para-hydroxylation sites is 1. The molecule has 2 rings (SSSR count). The van der Waals surface area contributed by atoms with E-state index in [0.29, 0.717) is 12.0 Å². The van der Waals surface area contributed by atoms with Crippen molar-refractivity contribution in [3.8, 4) is 5.75 Å². The summed E-state index contributed by atoms with van der Waals surface area (Å²) >= 11 is 0. The zero-order valence-corrected chi connectivity index (χ0v) is 13.1. The van der Waals surface area contributed by atoms with Gasteiger partial charge in [0.15, 0.2) is 0 Å². The lowest BCUT2D eigenvalue weighted by Gasteiger charge is -2.34. The van der Waals surface area contributed by atoms with Crippen molar-refractivity contribution in [1.29, 1.82) is 0 Å². The fourth-order valence-electron chi connectivity index (χ4n) is 2.94. The number of fused-ring (bicyclic) bond motifs is 1. The monoisotopic (exact) mass is 277 g/mol. The van der Waals surface area contributed by atoms with E-state index in [4.69, 9.17) is 9.47 Å². The molecule has 1 aliphatic heterocycles. The fourth-order valence-corrected chi connectivity index (χ4v) is 2.94. The maximum atomic E-state index is 5.76. The van der Waals surface area contributed by atoms with Gasteiger partial charge in [0, 0.05) is 19.1 Å². The van der Waals surface area contributed by atoms with E-state index in [0.717, 1.165) is 31.6 Å². The SMILES string of the molecule is CNC(CCC(C)(C)OC)C1CCOc2ccccc21. The zero-order valence-electron chi connectivity index (χ0n) is 13.1. The minimum absolute atomic E-state index is 0.0558. The van der Waals surface area contributed by atoms with Gasteiger partial charge in [-0.15, -0.1) is 0 Å². The number of hydrogen-bond acceptors (Lipinski definition) is 3. The van der Waals surface area contributed by atoms with Gasteiger partial charge >= 0.3 is 0 Å². The molecule has 0 amide bonds. The van der Waals surface area contributed by atoms with Crippen molar-refractivity contribution in [2.75, 3.05) is 20.8 Å². The molecule has 0 saturated heterocycles. The average molecular weight is 277 g/mol. The summed E-state index contributed by atoms with van der Waals surface area (Å²) in [4.78, 5) is 0. The van der Waals surface area contributed by atoms with Crippen LogP contribution in [0.25, 0.3) is 0 Å². The Bertz CT molecular complexity index is 431. The quantitative estimate of drug-likeness (QED) is 0.865. The van der Waals surface area contributed by atoms with Crippen LogP contribution >= 0.6 is 0 Å². The van der Waals surface area contributed by atoms with Gasteiger partial charge in [-0.3, -0.25) is 0 Å². The number of hydrogen-bond donors (Lipinski definition) is 1. The number of rotatable bonds is 6. The summed E-state index contributed by atoms with van der Waals surface area (Å²) < 4.78 is 11.3. The molecule has 1 heterocycles. The van der Waals surface area contributed by atoms with E-state index >= 15 is 0 Å². The molecular formula is C17H27NO2. The van der Waals surface area contributed by atoms with Crippen LogP contribution in [0.4, 0.5) is 0 Å². The van der Waals surface area contributed by atoms with E-state index in [-0.39, 0.29) is 5.60 Å². The summed E-state index contributed by atoms with van der Waals surface area (Å²) in [5, 5.41) is 3.50. The van der Waals surface area contributed by atoms with Crippen molar-refractivity contribution < 1.29 is 9.47 Å². The van der Waals surface area contributed by atoms with E-state index in [1.807, 2.05) is 6.07 Å². The minimum atomic E-state index is -0.0558. The highest BCUT2D eigenvalue weighted by molar-refractivity contribution is 5.38. The molecule has 1 aromatic rings. The standard InChI is InChI=1S/C17H27NO2/c1-17(2,19-4)11-9-15(18-3)13-10-12-20-16-8-6-5-7-14(13)16/h5-8,13,15,18H,9-12H2,1-4H3. The third kappa shape index (κ3) is 3.53. The molecule has 112 valence electrons. The van der Waals surface area contributed by atoms with Gasteiger partial charge in [-0.25, -0.2) is 0 Å². The molecule has 2 atom stereocenters. The Labute approximate surface area is 122 Å². The number of likely N-dealkylation sites (N-methyl/N-ethyl adjacent to an activating group) is 1. The highest BCUT2D eigenvalue weighted by Crippen LogP contribution is 2.37. The normalized spacial score (nSPS) is 20.1. The van der Waals surface area contributed by atoms with Gasteiger partial charge in [-0.1, -0.05) is 18.2 Å². The molecule has 0 aliphatic carbocycles. The molecule has 3 nitrogen and oxygen atoms in total. The molecule has 0 spiro atoms. The Balaban J connectivity index is 2.09. The van der Waals surface area contributed by atoms with Gasteiger partial charge in [-0.05, 0) is 51.8 Å². The molecule has 0 bridgehead atoms. The van der Waals surface area contributed by atoms with Crippen LogP contribution in [-0.4, -0.2) is 32.4 Å². The van der Waals surface area contributed by atoms with Crippen molar-refractivity contribution in [3.05, 3.63) is 29.8 Å². The first-order valence-electron chi connectivity index (χ1n) is 7.51. The van der Waals surface area contributed by atoms with Gasteiger partial charge in [0.25, 0.3) is 0 Å². The maximum Gasteiger partial charge on any atom is 0.122 e. The Hall–Kier alpha value is -1.06. The Kier molecular flexibility index (Phi) is 5.06. The van der Waals surface area contributed by atoms with Crippen LogP contribution in [-0.2, 0) is 4.74 Å². The van der Waals surface area contributed by atoms with E-state index in [1.165, 1.54) is 5.56 Å². The Morgan fingerprint density at radius 3 is 2.85 bits per heavy atom. The maximum absolute atomic E-state index is 5.76. The van der Waals surface area contributed by atoms with Crippen molar-refractivity contribution in [3.63, 3.8) is 0 Å². The number of benzene rings is 1. The van der Waals surface area contributed by atoms with Gasteiger partial charge < -0.3 is 14.8 Å². The van der Waals surface area contributed by atoms with Crippen LogP contribution in [0.2, 0.25) is 0 Å². The molecule has 1 aromatic carbocycles. The van der Waals surface area contributed by atoms with Gasteiger partial charge in [0.05, 0.1) is 12.2 Å². The highest BCUT2D eigenvalue weighted by Gasteiger charge is 2.29. The van der Waals surface area contributed by atoms with Crippen LogP contribution < -0.4 is 10.1 Å². The summed E-state index contributed by atoms with van der Waals surface area (Å²) in [5.41, 5.74) is 1.29. The van der Waals surface area contributed by atoms with E-state index in [9.17, 15) is 0 Å². The summed E-state index contributed by atoms with van der Waals surface area (Å²) in [6.45, 7) is 5.11. The predicted molar refractivity (Wildman–Crippen MR) is 82.5 cm³/mol. The molecule has 3 heteroatoms. The van der Waals surface area contributed by atoms with E-state index < -0.39 is 0 Å². The van der Waals surface area contributed by atoms with Crippen LogP contribution in [0.5, 0.6) is 5.75 Å². The van der Waals surface area contributed by atoms with Crippen molar-refractivity contribution in [2.45, 2.75) is 50.7 Å². The second-order valence-electron chi connectivity index (χ2n) is 6.18. The van der Waals surface area contributed by atoms with Crippen molar-refractivity contribution in [2.24, 2.45) is 0 Å². The summed E-state index contributed by atoms with van der Waals surface area (Å²) in [6.07, 6.45) is 3.24. The van der Waals surface area contributed by atoms with Crippen LogP contribution in [0.3, 0.4) is 0 Å². The summed E-state index contributed by atoms with van der Waals surface area (Å²) in [5.74, 6) is 1.58. The van der Waals surface area contributed by atoms with Crippen LogP contribution in [0.15, 0.2) is 24.3 Å². The third-order valence-corrected chi connectivity index (χ3v) is 4.47. The largest absolute Gasteiger partial charge is 0.493 e. The number of ether oxygens (including phenoxy) is 2. The lowest BCUT2D eigenvalue weighted by Crippen LogP contribution is -2.37. The number of methoxy groups -OCH3 is 1. The van der Waals surface area contributed by atoms with Crippen molar-refractivity contribution >= 4 is 0 Å².